The third kappa shape index (κ3) is 6.95. The van der Waals surface area contributed by atoms with Crippen molar-refractivity contribution in [1.82, 2.24) is 4.72 Å². The summed E-state index contributed by atoms with van der Waals surface area (Å²) in [5.41, 5.74) is 0.490. The molecule has 1 atom stereocenters. The minimum Gasteiger partial charge on any atom is -0.481 e. The van der Waals surface area contributed by atoms with Crippen LogP contribution in [0, 0.1) is 0 Å². The number of carbonyl (C=O) groups excluding carboxylic acids is 1. The number of anilines is 1. The number of nitrogens with one attached hydrogen (secondary N) is 2. The Morgan fingerprint density at radius 3 is 2.39 bits per heavy atom. The molecule has 7 nitrogen and oxygen atoms in total. The number of benzene rings is 2. The van der Waals surface area contributed by atoms with Crippen molar-refractivity contribution in [3.63, 3.8) is 0 Å². The van der Waals surface area contributed by atoms with E-state index in [1.165, 1.54) is 12.1 Å². The maximum Gasteiger partial charge on any atom is 0.265 e. The highest BCUT2D eigenvalue weighted by atomic mass is 32.2. The lowest BCUT2D eigenvalue weighted by Crippen LogP contribution is -2.30. The molecule has 8 heteroatoms. The van der Waals surface area contributed by atoms with Crippen LogP contribution >= 0.6 is 0 Å². The Balaban J connectivity index is 1.88. The fraction of sp³-hybridized carbons (Fsp3) is 0.350. The molecule has 2 N–H and O–H groups in total. The summed E-state index contributed by atoms with van der Waals surface area (Å²) in [6.45, 7) is 4.95. The van der Waals surface area contributed by atoms with Crippen molar-refractivity contribution in [2.24, 2.45) is 0 Å². The molecule has 0 spiro atoms. The van der Waals surface area contributed by atoms with Gasteiger partial charge in [-0.1, -0.05) is 18.2 Å². The Morgan fingerprint density at radius 1 is 1.07 bits per heavy atom. The lowest BCUT2D eigenvalue weighted by Gasteiger charge is -2.15. The predicted molar refractivity (Wildman–Crippen MR) is 108 cm³/mol. The fourth-order valence-corrected chi connectivity index (χ4v) is 3.40. The van der Waals surface area contributed by atoms with Crippen molar-refractivity contribution >= 4 is 21.6 Å². The van der Waals surface area contributed by atoms with E-state index in [1.807, 2.05) is 25.1 Å². The molecule has 0 saturated carbocycles. The van der Waals surface area contributed by atoms with Crippen LogP contribution in [0.2, 0.25) is 0 Å². The first kappa shape index (κ1) is 21.9. The van der Waals surface area contributed by atoms with Crippen molar-refractivity contribution in [3.05, 3.63) is 54.6 Å². The molecule has 2 aromatic rings. The first-order valence-corrected chi connectivity index (χ1v) is 10.6. The number of carbonyl (C=O) groups is 1. The Bertz CT molecular complexity index is 839. The summed E-state index contributed by atoms with van der Waals surface area (Å²) < 4.78 is 37.8. The van der Waals surface area contributed by atoms with Gasteiger partial charge in [-0.3, -0.25) is 4.79 Å². The Labute approximate surface area is 166 Å². The van der Waals surface area contributed by atoms with E-state index < -0.39 is 16.1 Å². The van der Waals surface area contributed by atoms with Crippen LogP contribution in [-0.2, 0) is 19.6 Å². The van der Waals surface area contributed by atoms with Crippen LogP contribution in [0.25, 0.3) is 0 Å². The third-order valence-corrected chi connectivity index (χ3v) is 5.30. The van der Waals surface area contributed by atoms with Crippen LogP contribution in [0.3, 0.4) is 0 Å². The zero-order chi connectivity index (χ0) is 20.4. The number of hydrogen-bond acceptors (Lipinski definition) is 5. The lowest BCUT2D eigenvalue weighted by atomic mass is 10.3. The van der Waals surface area contributed by atoms with Gasteiger partial charge >= 0.3 is 0 Å². The van der Waals surface area contributed by atoms with Gasteiger partial charge in [0.15, 0.2) is 6.10 Å². The molecular weight excluding hydrogens is 380 g/mol. The van der Waals surface area contributed by atoms with Crippen molar-refractivity contribution < 1.29 is 22.7 Å². The van der Waals surface area contributed by atoms with Gasteiger partial charge in [0.1, 0.15) is 5.75 Å². The van der Waals surface area contributed by atoms with E-state index in [0.717, 1.165) is 0 Å². The molecule has 0 saturated heterocycles. The number of para-hydroxylation sites is 1. The van der Waals surface area contributed by atoms with Crippen molar-refractivity contribution in [3.8, 4) is 5.75 Å². The molecule has 0 aromatic heterocycles. The zero-order valence-corrected chi connectivity index (χ0v) is 16.9. The van der Waals surface area contributed by atoms with Crippen LogP contribution < -0.4 is 14.8 Å². The van der Waals surface area contributed by atoms with Gasteiger partial charge in [-0.15, -0.1) is 0 Å². The minimum absolute atomic E-state index is 0.135. The molecule has 152 valence electrons. The molecule has 0 unspecified atom stereocenters. The lowest BCUT2D eigenvalue weighted by molar-refractivity contribution is -0.122. The van der Waals surface area contributed by atoms with E-state index in [1.54, 1.807) is 31.2 Å². The van der Waals surface area contributed by atoms with Crippen molar-refractivity contribution in [2.45, 2.75) is 31.3 Å². The Morgan fingerprint density at radius 2 is 1.75 bits per heavy atom. The highest BCUT2D eigenvalue weighted by Gasteiger charge is 2.16. The van der Waals surface area contributed by atoms with E-state index in [9.17, 15) is 13.2 Å². The molecule has 0 aliphatic rings. The molecule has 0 radical (unpaired) electrons. The van der Waals surface area contributed by atoms with E-state index in [0.29, 0.717) is 37.6 Å². The summed E-state index contributed by atoms with van der Waals surface area (Å²) in [7, 11) is -3.59. The second-order valence-corrected chi connectivity index (χ2v) is 7.80. The number of rotatable bonds is 11. The average molecular weight is 407 g/mol. The van der Waals surface area contributed by atoms with Gasteiger partial charge in [-0.05, 0) is 56.7 Å². The topological polar surface area (TPSA) is 93.7 Å². The summed E-state index contributed by atoms with van der Waals surface area (Å²) in [4.78, 5) is 12.4. The monoisotopic (exact) mass is 406 g/mol. The van der Waals surface area contributed by atoms with E-state index in [-0.39, 0.29) is 10.8 Å². The number of hydrogen-bond donors (Lipinski definition) is 2. The van der Waals surface area contributed by atoms with Crippen LogP contribution in [0.15, 0.2) is 59.5 Å². The molecular formula is C20H26N2O5S. The van der Waals surface area contributed by atoms with Gasteiger partial charge in [0, 0.05) is 25.4 Å². The Kier molecular flexibility index (Phi) is 8.43. The maximum absolute atomic E-state index is 12.3. The molecule has 0 aliphatic heterocycles. The summed E-state index contributed by atoms with van der Waals surface area (Å²) in [6.07, 6.45) is -0.0987. The Hall–Kier alpha value is -2.42. The van der Waals surface area contributed by atoms with E-state index in [4.69, 9.17) is 9.47 Å². The first-order valence-electron chi connectivity index (χ1n) is 9.12. The molecule has 1 amide bonds. The quantitative estimate of drug-likeness (QED) is 0.560. The molecule has 0 bridgehead atoms. The van der Waals surface area contributed by atoms with Gasteiger partial charge in [0.25, 0.3) is 5.91 Å². The summed E-state index contributed by atoms with van der Waals surface area (Å²) in [5, 5.41) is 2.71. The van der Waals surface area contributed by atoms with Crippen LogP contribution in [0.5, 0.6) is 5.75 Å². The predicted octanol–water partition coefficient (Wildman–Crippen LogP) is 2.80. The van der Waals surface area contributed by atoms with Gasteiger partial charge in [-0.25, -0.2) is 13.1 Å². The van der Waals surface area contributed by atoms with Crippen LogP contribution in [-0.4, -0.2) is 40.2 Å². The van der Waals surface area contributed by atoms with Gasteiger partial charge in [-0.2, -0.15) is 0 Å². The highest BCUT2D eigenvalue weighted by molar-refractivity contribution is 7.89. The normalized spacial score (nSPS) is 12.4. The van der Waals surface area contributed by atoms with E-state index >= 15 is 0 Å². The molecule has 2 rings (SSSR count). The minimum atomic E-state index is -3.59. The summed E-state index contributed by atoms with van der Waals surface area (Å²) in [6, 6.07) is 15.0. The average Bonchev–Trinajstić information content (AvgIpc) is 2.69. The third-order valence-electron chi connectivity index (χ3n) is 3.82. The molecule has 0 heterocycles. The molecule has 0 fully saturated rings. The molecule has 2 aromatic carbocycles. The van der Waals surface area contributed by atoms with Crippen molar-refractivity contribution in [1.29, 1.82) is 0 Å². The van der Waals surface area contributed by atoms with Gasteiger partial charge in [0.2, 0.25) is 10.0 Å². The molecule has 0 aliphatic carbocycles. The van der Waals surface area contributed by atoms with Crippen LogP contribution in [0.4, 0.5) is 5.69 Å². The summed E-state index contributed by atoms with van der Waals surface area (Å²) in [5.74, 6) is 0.274. The number of sulfonamides is 1. The highest BCUT2D eigenvalue weighted by Crippen LogP contribution is 2.16. The SMILES string of the molecule is CCOCCCNS(=O)(=O)c1ccc(NC(=O)[C@@H](C)Oc2ccccc2)cc1. The largest absolute Gasteiger partial charge is 0.481 e. The number of ether oxygens (including phenoxy) is 2. The first-order chi connectivity index (χ1) is 13.4. The second kappa shape index (κ2) is 10.8. The van der Waals surface area contributed by atoms with Gasteiger partial charge < -0.3 is 14.8 Å². The van der Waals surface area contributed by atoms with Crippen molar-refractivity contribution in [2.75, 3.05) is 25.1 Å². The van der Waals surface area contributed by atoms with Crippen LogP contribution in [0.1, 0.15) is 20.3 Å². The number of amides is 1. The smallest absolute Gasteiger partial charge is 0.265 e. The summed E-state index contributed by atoms with van der Waals surface area (Å²) >= 11 is 0. The fourth-order valence-electron chi connectivity index (χ4n) is 2.33. The zero-order valence-electron chi connectivity index (χ0n) is 16.1. The standard InChI is InChI=1S/C20H26N2O5S/c1-3-26-15-7-14-21-28(24,25)19-12-10-17(11-13-19)22-20(23)16(2)27-18-8-5-4-6-9-18/h4-6,8-13,16,21H,3,7,14-15H2,1-2H3,(H,22,23)/t16-/m1/s1. The van der Waals surface area contributed by atoms with E-state index in [2.05, 4.69) is 10.0 Å². The van der Waals surface area contributed by atoms with Gasteiger partial charge in [0.05, 0.1) is 4.90 Å². The maximum atomic E-state index is 12.3. The molecule has 28 heavy (non-hydrogen) atoms. The second-order valence-electron chi connectivity index (χ2n) is 6.04.